The molecule has 2 aliphatic rings. The van der Waals surface area contributed by atoms with Gasteiger partial charge in [-0.3, -0.25) is 39.6 Å². The van der Waals surface area contributed by atoms with Crippen molar-refractivity contribution in [3.8, 4) is 0 Å². The van der Waals surface area contributed by atoms with Crippen LogP contribution in [0, 0.1) is 0 Å². The molecule has 2 rings (SSSR count). The maximum absolute atomic E-state index is 11.3. The van der Waals surface area contributed by atoms with Crippen molar-refractivity contribution in [3.05, 3.63) is 0 Å². The zero-order valence-corrected chi connectivity index (χ0v) is 12.6. The standard InChI is InChI=1S/C11H16N4O4.C2H6/c1-7(15-5-10(18)13-11(19)6-15)2-14-3-8(16)12-9(17)4-14;1-2/h7H,2-6H2,1H3,(H,12,16,17)(H,13,18,19);1-2H3. The van der Waals surface area contributed by atoms with Crippen LogP contribution in [0.25, 0.3) is 0 Å². The Morgan fingerprint density at radius 1 is 0.857 bits per heavy atom. The number of imide groups is 2. The fourth-order valence-corrected chi connectivity index (χ4v) is 2.29. The van der Waals surface area contributed by atoms with Crippen LogP contribution in [0.1, 0.15) is 20.8 Å². The molecule has 1 atom stereocenters. The van der Waals surface area contributed by atoms with Gasteiger partial charge in [0.2, 0.25) is 23.6 Å². The lowest BCUT2D eigenvalue weighted by atomic mass is 10.2. The van der Waals surface area contributed by atoms with E-state index in [1.165, 1.54) is 0 Å². The summed E-state index contributed by atoms with van der Waals surface area (Å²) in [5, 5.41) is 4.46. The molecule has 0 radical (unpaired) electrons. The highest BCUT2D eigenvalue weighted by molar-refractivity contribution is 6.00. The van der Waals surface area contributed by atoms with Gasteiger partial charge in [-0.25, -0.2) is 0 Å². The van der Waals surface area contributed by atoms with Crippen LogP contribution in [0.5, 0.6) is 0 Å². The Hall–Kier alpha value is -1.80. The zero-order chi connectivity index (χ0) is 16.0. The molecule has 8 nitrogen and oxygen atoms in total. The minimum atomic E-state index is -0.324. The number of carbonyl (C=O) groups excluding carboxylic acids is 4. The highest BCUT2D eigenvalue weighted by Crippen LogP contribution is 2.06. The van der Waals surface area contributed by atoms with E-state index in [0.29, 0.717) is 6.54 Å². The summed E-state index contributed by atoms with van der Waals surface area (Å²) in [5.41, 5.74) is 0. The molecule has 0 aliphatic carbocycles. The minimum absolute atomic E-state index is 0.0892. The van der Waals surface area contributed by atoms with Crippen molar-refractivity contribution in [2.75, 3.05) is 32.7 Å². The van der Waals surface area contributed by atoms with Crippen molar-refractivity contribution in [2.45, 2.75) is 26.8 Å². The van der Waals surface area contributed by atoms with Gasteiger partial charge in [-0.2, -0.15) is 0 Å². The number of rotatable bonds is 3. The summed E-state index contributed by atoms with van der Waals surface area (Å²) in [6, 6.07) is -0.0892. The van der Waals surface area contributed by atoms with Gasteiger partial charge in [-0.15, -0.1) is 0 Å². The van der Waals surface area contributed by atoms with Crippen LogP contribution in [-0.2, 0) is 19.2 Å². The lowest BCUT2D eigenvalue weighted by Gasteiger charge is -2.35. The Morgan fingerprint density at radius 3 is 1.67 bits per heavy atom. The highest BCUT2D eigenvalue weighted by atomic mass is 16.2. The Balaban J connectivity index is 0.00000106. The number of hydrogen-bond acceptors (Lipinski definition) is 6. The SMILES string of the molecule is CC.CC(CN1CC(=O)NC(=O)C1)N1CC(=O)NC(=O)C1. The summed E-state index contributed by atoms with van der Waals surface area (Å²) >= 11 is 0. The maximum Gasteiger partial charge on any atom is 0.240 e. The van der Waals surface area contributed by atoms with Crippen LogP contribution < -0.4 is 10.6 Å². The van der Waals surface area contributed by atoms with Crippen molar-refractivity contribution in [1.29, 1.82) is 0 Å². The number of piperazine rings is 2. The summed E-state index contributed by atoms with van der Waals surface area (Å²) in [6.07, 6.45) is 0. The van der Waals surface area contributed by atoms with Gasteiger partial charge in [0.25, 0.3) is 0 Å². The molecule has 0 aromatic heterocycles. The molecule has 2 saturated heterocycles. The molecule has 2 heterocycles. The number of hydrogen-bond donors (Lipinski definition) is 2. The largest absolute Gasteiger partial charge is 0.294 e. The van der Waals surface area contributed by atoms with Crippen molar-refractivity contribution >= 4 is 23.6 Å². The van der Waals surface area contributed by atoms with Crippen molar-refractivity contribution in [3.63, 3.8) is 0 Å². The van der Waals surface area contributed by atoms with Crippen LogP contribution in [-0.4, -0.2) is 72.2 Å². The fraction of sp³-hybridized carbons (Fsp3) is 0.692. The number of nitrogens with one attached hydrogen (secondary N) is 2. The van der Waals surface area contributed by atoms with Crippen molar-refractivity contribution < 1.29 is 19.2 Å². The van der Waals surface area contributed by atoms with Crippen LogP contribution in [0.15, 0.2) is 0 Å². The fourth-order valence-electron chi connectivity index (χ4n) is 2.29. The van der Waals surface area contributed by atoms with E-state index in [1.807, 2.05) is 20.8 Å². The lowest BCUT2D eigenvalue weighted by Crippen LogP contribution is -2.58. The van der Waals surface area contributed by atoms with Crippen LogP contribution in [0.2, 0.25) is 0 Å². The normalized spacial score (nSPS) is 22.0. The van der Waals surface area contributed by atoms with Gasteiger partial charge in [-0.05, 0) is 6.92 Å². The predicted octanol–water partition coefficient (Wildman–Crippen LogP) is -1.68. The molecule has 0 spiro atoms. The third-order valence-electron chi connectivity index (χ3n) is 3.13. The molecular weight excluding hydrogens is 276 g/mol. The van der Waals surface area contributed by atoms with Gasteiger partial charge in [0.1, 0.15) is 0 Å². The lowest BCUT2D eigenvalue weighted by molar-refractivity contribution is -0.140. The molecule has 2 aliphatic heterocycles. The van der Waals surface area contributed by atoms with Gasteiger partial charge < -0.3 is 0 Å². The number of carbonyl (C=O) groups is 4. The van der Waals surface area contributed by atoms with E-state index in [9.17, 15) is 19.2 Å². The van der Waals surface area contributed by atoms with Crippen LogP contribution in [0.3, 0.4) is 0 Å². The summed E-state index contributed by atoms with van der Waals surface area (Å²) in [7, 11) is 0. The quantitative estimate of drug-likeness (QED) is 0.604. The van der Waals surface area contributed by atoms with E-state index in [4.69, 9.17) is 0 Å². The maximum atomic E-state index is 11.3. The van der Waals surface area contributed by atoms with E-state index in [1.54, 1.807) is 9.80 Å². The van der Waals surface area contributed by atoms with Crippen molar-refractivity contribution in [2.24, 2.45) is 0 Å². The van der Waals surface area contributed by atoms with E-state index in [0.717, 1.165) is 0 Å². The molecule has 8 heteroatoms. The first kappa shape index (κ1) is 17.3. The average Bonchev–Trinajstić information content (AvgIpc) is 2.38. The van der Waals surface area contributed by atoms with Gasteiger partial charge >= 0.3 is 0 Å². The van der Waals surface area contributed by atoms with E-state index in [2.05, 4.69) is 10.6 Å². The van der Waals surface area contributed by atoms with Crippen molar-refractivity contribution in [1.82, 2.24) is 20.4 Å². The van der Waals surface area contributed by atoms with Crippen LogP contribution >= 0.6 is 0 Å². The first-order valence-electron chi connectivity index (χ1n) is 7.06. The van der Waals surface area contributed by atoms with Gasteiger partial charge in [0, 0.05) is 12.6 Å². The average molecular weight is 298 g/mol. The van der Waals surface area contributed by atoms with E-state index in [-0.39, 0.29) is 55.8 Å². The zero-order valence-electron chi connectivity index (χ0n) is 12.6. The molecular formula is C13H22N4O4. The first-order chi connectivity index (χ1) is 9.94. The molecule has 118 valence electrons. The second-order valence-corrected chi connectivity index (χ2v) is 4.87. The Labute approximate surface area is 123 Å². The molecule has 2 fully saturated rings. The number of amides is 4. The second-order valence-electron chi connectivity index (χ2n) is 4.87. The van der Waals surface area contributed by atoms with Crippen LogP contribution in [0.4, 0.5) is 0 Å². The monoisotopic (exact) mass is 298 g/mol. The highest BCUT2D eigenvalue weighted by Gasteiger charge is 2.29. The Bertz CT molecular complexity index is 406. The Morgan fingerprint density at radius 2 is 1.24 bits per heavy atom. The second kappa shape index (κ2) is 7.84. The van der Waals surface area contributed by atoms with Gasteiger partial charge in [0.15, 0.2) is 0 Å². The molecule has 2 N–H and O–H groups in total. The summed E-state index contributed by atoms with van der Waals surface area (Å²) in [4.78, 5) is 48.5. The molecule has 0 aromatic carbocycles. The predicted molar refractivity (Wildman–Crippen MR) is 75.1 cm³/mol. The minimum Gasteiger partial charge on any atom is -0.294 e. The van der Waals surface area contributed by atoms with E-state index >= 15 is 0 Å². The van der Waals surface area contributed by atoms with Gasteiger partial charge in [-0.1, -0.05) is 13.8 Å². The molecule has 0 saturated carbocycles. The molecule has 21 heavy (non-hydrogen) atoms. The molecule has 0 bridgehead atoms. The smallest absolute Gasteiger partial charge is 0.240 e. The molecule has 0 aromatic rings. The topological polar surface area (TPSA) is 98.8 Å². The third kappa shape index (κ3) is 5.24. The molecule has 4 amide bonds. The Kier molecular flexibility index (Phi) is 6.44. The van der Waals surface area contributed by atoms with Gasteiger partial charge in [0.05, 0.1) is 26.2 Å². The summed E-state index contributed by atoms with van der Waals surface area (Å²) in [6.45, 7) is 6.94. The van der Waals surface area contributed by atoms with E-state index < -0.39 is 0 Å². The first-order valence-corrected chi connectivity index (χ1v) is 7.06. The summed E-state index contributed by atoms with van der Waals surface area (Å²) < 4.78 is 0. The molecule has 1 unspecified atom stereocenters. The summed E-state index contributed by atoms with van der Waals surface area (Å²) in [5.74, 6) is -1.29. The third-order valence-corrected chi connectivity index (χ3v) is 3.13. The number of nitrogens with zero attached hydrogens (tertiary/aromatic N) is 2.